The molecule has 1 rings (SSSR count). The number of benzene rings is 1. The fourth-order valence-corrected chi connectivity index (χ4v) is 1.80. The van der Waals surface area contributed by atoms with E-state index in [2.05, 4.69) is 11.9 Å². The van der Waals surface area contributed by atoms with Crippen molar-refractivity contribution >= 4 is 11.8 Å². The van der Waals surface area contributed by atoms with Crippen molar-refractivity contribution in [3.8, 4) is 11.5 Å². The Bertz CT molecular complexity index is 548. The highest BCUT2D eigenvalue weighted by atomic mass is 16.6. The number of methoxy groups -OCH3 is 2. The molecule has 0 radical (unpaired) electrons. The first-order valence-corrected chi connectivity index (χ1v) is 6.78. The lowest BCUT2D eigenvalue weighted by molar-refractivity contribution is 0.0635. The average molecular weight is 309 g/mol. The fourth-order valence-electron chi connectivity index (χ4n) is 1.80. The molecule has 6 heteroatoms. The summed E-state index contributed by atoms with van der Waals surface area (Å²) in [5.41, 5.74) is 0.227. The van der Waals surface area contributed by atoms with E-state index in [0.717, 1.165) is 0 Å². The normalized spacial score (nSPS) is 12.3. The quantitative estimate of drug-likeness (QED) is 0.816. The number of aliphatic hydroxyl groups excluding tert-OH is 1. The smallest absolute Gasteiger partial charge is 0.412 e. The van der Waals surface area contributed by atoms with E-state index < -0.39 is 17.8 Å². The number of amides is 1. The van der Waals surface area contributed by atoms with Crippen molar-refractivity contribution in [3.05, 3.63) is 30.4 Å². The molecular weight excluding hydrogens is 286 g/mol. The van der Waals surface area contributed by atoms with Gasteiger partial charge in [-0.3, -0.25) is 5.32 Å². The number of anilines is 1. The zero-order chi connectivity index (χ0) is 16.9. The Morgan fingerprint density at radius 2 is 1.95 bits per heavy atom. The van der Waals surface area contributed by atoms with E-state index in [1.54, 1.807) is 32.9 Å². The molecule has 1 amide bonds. The summed E-state index contributed by atoms with van der Waals surface area (Å²) < 4.78 is 15.7. The Morgan fingerprint density at radius 3 is 2.41 bits per heavy atom. The van der Waals surface area contributed by atoms with E-state index in [1.807, 2.05) is 0 Å². The van der Waals surface area contributed by atoms with Crippen LogP contribution in [0.5, 0.6) is 11.5 Å². The predicted octanol–water partition coefficient (Wildman–Crippen LogP) is 3.27. The summed E-state index contributed by atoms with van der Waals surface area (Å²) in [5.74, 6) is 0.723. The molecule has 0 aromatic heterocycles. The molecule has 0 aliphatic heterocycles. The van der Waals surface area contributed by atoms with Crippen LogP contribution in [0, 0.1) is 0 Å². The maximum Gasteiger partial charge on any atom is 0.412 e. The zero-order valence-electron chi connectivity index (χ0n) is 13.6. The molecular formula is C16H23NO5. The molecule has 6 nitrogen and oxygen atoms in total. The van der Waals surface area contributed by atoms with E-state index in [-0.39, 0.29) is 0 Å². The first kappa shape index (κ1) is 17.8. The molecule has 1 aromatic carbocycles. The number of hydrogen-bond acceptors (Lipinski definition) is 5. The highest BCUT2D eigenvalue weighted by Crippen LogP contribution is 2.38. The van der Waals surface area contributed by atoms with Gasteiger partial charge in [0, 0.05) is 0 Å². The Morgan fingerprint density at radius 1 is 1.32 bits per heavy atom. The average Bonchev–Trinajstić information content (AvgIpc) is 2.43. The van der Waals surface area contributed by atoms with Gasteiger partial charge in [-0.1, -0.05) is 6.08 Å². The van der Waals surface area contributed by atoms with E-state index in [4.69, 9.17) is 14.2 Å². The second kappa shape index (κ2) is 7.17. The second-order valence-corrected chi connectivity index (χ2v) is 5.61. The van der Waals surface area contributed by atoms with Gasteiger partial charge in [0.05, 0.1) is 26.0 Å². The molecule has 22 heavy (non-hydrogen) atoms. The third-order valence-electron chi connectivity index (χ3n) is 2.70. The topological polar surface area (TPSA) is 77.0 Å². The number of rotatable bonds is 5. The van der Waals surface area contributed by atoms with Crippen molar-refractivity contribution < 1.29 is 24.1 Å². The first-order chi connectivity index (χ1) is 10.2. The molecule has 0 spiro atoms. The molecule has 0 saturated heterocycles. The van der Waals surface area contributed by atoms with Gasteiger partial charge in [-0.15, -0.1) is 6.58 Å². The highest BCUT2D eigenvalue weighted by molar-refractivity contribution is 5.88. The maximum absolute atomic E-state index is 11.9. The van der Waals surface area contributed by atoms with Crippen LogP contribution in [0.2, 0.25) is 0 Å². The van der Waals surface area contributed by atoms with Crippen LogP contribution in [-0.4, -0.2) is 31.0 Å². The molecule has 122 valence electrons. The summed E-state index contributed by atoms with van der Waals surface area (Å²) in [6, 6.07) is 3.20. The lowest BCUT2D eigenvalue weighted by atomic mass is 10.1. The monoisotopic (exact) mass is 309 g/mol. The number of ether oxygens (including phenoxy) is 3. The fraction of sp³-hybridized carbons (Fsp3) is 0.438. The van der Waals surface area contributed by atoms with Gasteiger partial charge in [0.1, 0.15) is 5.60 Å². The lowest BCUT2D eigenvalue weighted by Crippen LogP contribution is -2.27. The Balaban J connectivity index is 3.20. The van der Waals surface area contributed by atoms with Crippen LogP contribution in [0.1, 0.15) is 32.4 Å². The number of hydrogen-bond donors (Lipinski definition) is 2. The highest BCUT2D eigenvalue weighted by Gasteiger charge is 2.20. The van der Waals surface area contributed by atoms with Crippen molar-refractivity contribution in [1.29, 1.82) is 0 Å². The molecule has 2 N–H and O–H groups in total. The summed E-state index contributed by atoms with van der Waals surface area (Å²) in [4.78, 5) is 11.9. The Labute approximate surface area is 130 Å². The molecule has 1 atom stereocenters. The van der Waals surface area contributed by atoms with E-state index in [0.29, 0.717) is 22.7 Å². The van der Waals surface area contributed by atoms with Gasteiger partial charge in [0.15, 0.2) is 11.5 Å². The van der Waals surface area contributed by atoms with Gasteiger partial charge in [-0.05, 0) is 38.5 Å². The van der Waals surface area contributed by atoms with Crippen LogP contribution in [0.4, 0.5) is 10.5 Å². The second-order valence-electron chi connectivity index (χ2n) is 5.61. The summed E-state index contributed by atoms with van der Waals surface area (Å²) in [7, 11) is 2.93. The zero-order valence-corrected chi connectivity index (χ0v) is 13.6. The molecule has 0 bridgehead atoms. The van der Waals surface area contributed by atoms with Crippen LogP contribution in [0.15, 0.2) is 24.8 Å². The van der Waals surface area contributed by atoms with Crippen LogP contribution in [0.25, 0.3) is 0 Å². The third-order valence-corrected chi connectivity index (χ3v) is 2.70. The summed E-state index contributed by atoms with van der Waals surface area (Å²) in [5, 5.41) is 12.5. The minimum absolute atomic E-state index is 0.340. The van der Waals surface area contributed by atoms with Crippen molar-refractivity contribution in [2.24, 2.45) is 0 Å². The minimum Gasteiger partial charge on any atom is -0.493 e. The predicted molar refractivity (Wildman–Crippen MR) is 84.6 cm³/mol. The molecule has 0 aliphatic carbocycles. The van der Waals surface area contributed by atoms with E-state index in [9.17, 15) is 9.90 Å². The molecule has 0 aliphatic rings. The van der Waals surface area contributed by atoms with Gasteiger partial charge in [-0.25, -0.2) is 4.79 Å². The van der Waals surface area contributed by atoms with E-state index >= 15 is 0 Å². The van der Waals surface area contributed by atoms with Crippen molar-refractivity contribution in [2.45, 2.75) is 32.5 Å². The maximum atomic E-state index is 11.9. The molecule has 1 aromatic rings. The molecule has 0 heterocycles. The Hall–Kier alpha value is -2.21. The standard InChI is InChI=1S/C16H23NO5/c1-7-12(18)10-8-11(14(21-6)13(9-10)20-5)17-15(19)22-16(2,3)4/h7-9,12,18H,1H2,2-6H3,(H,17,19). The van der Waals surface area contributed by atoms with Gasteiger partial charge in [0.2, 0.25) is 0 Å². The number of aliphatic hydroxyl groups is 1. The van der Waals surface area contributed by atoms with Crippen LogP contribution < -0.4 is 14.8 Å². The lowest BCUT2D eigenvalue weighted by Gasteiger charge is -2.21. The number of nitrogens with one attached hydrogen (secondary N) is 1. The van der Waals surface area contributed by atoms with Crippen LogP contribution in [-0.2, 0) is 4.74 Å². The van der Waals surface area contributed by atoms with Crippen LogP contribution in [0.3, 0.4) is 0 Å². The van der Waals surface area contributed by atoms with Gasteiger partial charge in [0.25, 0.3) is 0 Å². The summed E-state index contributed by atoms with van der Waals surface area (Å²) in [6.07, 6.45) is -0.143. The van der Waals surface area contributed by atoms with Crippen molar-refractivity contribution in [3.63, 3.8) is 0 Å². The van der Waals surface area contributed by atoms with E-state index in [1.165, 1.54) is 20.3 Å². The van der Waals surface area contributed by atoms with Gasteiger partial charge >= 0.3 is 6.09 Å². The largest absolute Gasteiger partial charge is 0.493 e. The summed E-state index contributed by atoms with van der Waals surface area (Å²) >= 11 is 0. The molecule has 0 saturated carbocycles. The van der Waals surface area contributed by atoms with Crippen molar-refractivity contribution in [2.75, 3.05) is 19.5 Å². The molecule has 1 unspecified atom stereocenters. The van der Waals surface area contributed by atoms with Gasteiger partial charge < -0.3 is 19.3 Å². The van der Waals surface area contributed by atoms with Gasteiger partial charge in [-0.2, -0.15) is 0 Å². The number of carbonyl (C=O) groups excluding carboxylic acids is 1. The van der Waals surface area contributed by atoms with Crippen molar-refractivity contribution in [1.82, 2.24) is 0 Å². The number of carbonyl (C=O) groups is 1. The van der Waals surface area contributed by atoms with Crippen LogP contribution >= 0.6 is 0 Å². The SMILES string of the molecule is C=CC(O)c1cc(NC(=O)OC(C)(C)C)c(OC)c(OC)c1. The first-order valence-electron chi connectivity index (χ1n) is 6.78. The third kappa shape index (κ3) is 4.66. The Kier molecular flexibility index (Phi) is 5.82. The summed E-state index contributed by atoms with van der Waals surface area (Å²) in [6.45, 7) is 8.84. The minimum atomic E-state index is -0.890. The molecule has 0 fully saturated rings.